The lowest BCUT2D eigenvalue weighted by Gasteiger charge is -2.25. The Morgan fingerprint density at radius 2 is 1.79 bits per heavy atom. The molecule has 1 aliphatic rings. The molecule has 0 aromatic heterocycles. The van der Waals surface area contributed by atoms with Gasteiger partial charge in [0.15, 0.2) is 0 Å². The first-order valence-corrected chi connectivity index (χ1v) is 6.06. The van der Waals surface area contributed by atoms with Crippen LogP contribution in [-0.4, -0.2) is 31.1 Å². The molecule has 2 nitrogen and oxygen atoms in total. The van der Waals surface area contributed by atoms with Crippen molar-refractivity contribution in [2.24, 2.45) is 11.1 Å². The van der Waals surface area contributed by atoms with E-state index >= 15 is 0 Å². The predicted molar refractivity (Wildman–Crippen MR) is 62.4 cm³/mol. The molecule has 0 saturated carbocycles. The van der Waals surface area contributed by atoms with E-state index < -0.39 is 0 Å². The van der Waals surface area contributed by atoms with Gasteiger partial charge in [-0.25, -0.2) is 0 Å². The number of rotatable bonds is 6. The molecule has 0 unspecified atom stereocenters. The van der Waals surface area contributed by atoms with E-state index in [1.54, 1.807) is 0 Å². The zero-order valence-electron chi connectivity index (χ0n) is 9.89. The Labute approximate surface area is 88.8 Å². The van der Waals surface area contributed by atoms with E-state index in [1.165, 1.54) is 45.3 Å². The SMILES string of the molecule is CC(C)(CCN)CCCN1CCCC1. The Morgan fingerprint density at radius 1 is 1.14 bits per heavy atom. The summed E-state index contributed by atoms with van der Waals surface area (Å²) in [6, 6.07) is 0. The standard InChI is InChI=1S/C12H26N2/c1-12(2,7-8-13)6-5-11-14-9-3-4-10-14/h3-11,13H2,1-2H3. The van der Waals surface area contributed by atoms with Crippen molar-refractivity contribution in [3.05, 3.63) is 0 Å². The van der Waals surface area contributed by atoms with Crippen molar-refractivity contribution in [3.8, 4) is 0 Å². The monoisotopic (exact) mass is 198 g/mol. The van der Waals surface area contributed by atoms with Gasteiger partial charge in [0.1, 0.15) is 0 Å². The average molecular weight is 198 g/mol. The van der Waals surface area contributed by atoms with Crippen LogP contribution in [0.2, 0.25) is 0 Å². The summed E-state index contributed by atoms with van der Waals surface area (Å²) in [5, 5.41) is 0. The van der Waals surface area contributed by atoms with Crippen LogP contribution in [0.1, 0.15) is 46.0 Å². The van der Waals surface area contributed by atoms with Crippen molar-refractivity contribution < 1.29 is 0 Å². The second-order valence-electron chi connectivity index (χ2n) is 5.36. The molecule has 0 aromatic rings. The molecule has 84 valence electrons. The van der Waals surface area contributed by atoms with Crippen LogP contribution < -0.4 is 5.73 Å². The highest BCUT2D eigenvalue weighted by Crippen LogP contribution is 2.26. The number of nitrogens with zero attached hydrogens (tertiary/aromatic N) is 1. The fraction of sp³-hybridized carbons (Fsp3) is 1.00. The molecule has 14 heavy (non-hydrogen) atoms. The van der Waals surface area contributed by atoms with Crippen LogP contribution in [0.15, 0.2) is 0 Å². The van der Waals surface area contributed by atoms with Crippen molar-refractivity contribution in [2.75, 3.05) is 26.2 Å². The van der Waals surface area contributed by atoms with E-state index in [2.05, 4.69) is 18.7 Å². The molecule has 1 fully saturated rings. The summed E-state index contributed by atoms with van der Waals surface area (Å²) in [6.45, 7) is 9.47. The lowest BCUT2D eigenvalue weighted by Crippen LogP contribution is -2.23. The van der Waals surface area contributed by atoms with Gasteiger partial charge in [-0.15, -0.1) is 0 Å². The van der Waals surface area contributed by atoms with Crippen molar-refractivity contribution in [1.82, 2.24) is 4.90 Å². The normalized spacial score (nSPS) is 19.1. The van der Waals surface area contributed by atoms with Crippen LogP contribution in [0.3, 0.4) is 0 Å². The van der Waals surface area contributed by atoms with Gasteiger partial charge in [-0.05, 0) is 63.7 Å². The second kappa shape index (κ2) is 5.72. The van der Waals surface area contributed by atoms with Gasteiger partial charge < -0.3 is 10.6 Å². The van der Waals surface area contributed by atoms with Crippen LogP contribution in [0, 0.1) is 5.41 Å². The van der Waals surface area contributed by atoms with Crippen molar-refractivity contribution in [3.63, 3.8) is 0 Å². The van der Waals surface area contributed by atoms with E-state index in [1.807, 2.05) is 0 Å². The second-order valence-corrected chi connectivity index (χ2v) is 5.36. The zero-order chi connectivity index (χ0) is 10.4. The van der Waals surface area contributed by atoms with Gasteiger partial charge in [0.25, 0.3) is 0 Å². The molecule has 0 amide bonds. The molecular weight excluding hydrogens is 172 g/mol. The summed E-state index contributed by atoms with van der Waals surface area (Å²) in [5.41, 5.74) is 6.05. The molecule has 0 spiro atoms. The van der Waals surface area contributed by atoms with Crippen LogP contribution in [0.25, 0.3) is 0 Å². The molecule has 0 aromatic carbocycles. The first-order chi connectivity index (χ1) is 6.64. The molecule has 0 radical (unpaired) electrons. The average Bonchev–Trinajstić information content (AvgIpc) is 2.56. The maximum absolute atomic E-state index is 5.60. The highest BCUT2D eigenvalue weighted by Gasteiger charge is 2.17. The summed E-state index contributed by atoms with van der Waals surface area (Å²) >= 11 is 0. The summed E-state index contributed by atoms with van der Waals surface area (Å²) in [4.78, 5) is 2.60. The minimum atomic E-state index is 0.453. The Bertz CT molecular complexity index is 148. The van der Waals surface area contributed by atoms with Gasteiger partial charge >= 0.3 is 0 Å². The number of nitrogens with two attached hydrogens (primary N) is 1. The largest absolute Gasteiger partial charge is 0.330 e. The molecule has 0 bridgehead atoms. The molecule has 1 saturated heterocycles. The Hall–Kier alpha value is -0.0800. The van der Waals surface area contributed by atoms with Gasteiger partial charge in [-0.1, -0.05) is 13.8 Å². The Morgan fingerprint density at radius 3 is 2.36 bits per heavy atom. The highest BCUT2D eigenvalue weighted by atomic mass is 15.1. The zero-order valence-corrected chi connectivity index (χ0v) is 9.89. The van der Waals surface area contributed by atoms with Crippen molar-refractivity contribution >= 4 is 0 Å². The van der Waals surface area contributed by atoms with Crippen LogP contribution in [0.5, 0.6) is 0 Å². The molecular formula is C12H26N2. The third-order valence-corrected chi connectivity index (χ3v) is 3.35. The number of likely N-dealkylation sites (tertiary alicyclic amines) is 1. The smallest absolute Gasteiger partial charge is 0.00183 e. The molecule has 0 atom stereocenters. The first-order valence-electron chi connectivity index (χ1n) is 6.06. The third kappa shape index (κ3) is 4.43. The lowest BCUT2D eigenvalue weighted by atomic mass is 9.84. The lowest BCUT2D eigenvalue weighted by molar-refractivity contribution is 0.263. The fourth-order valence-electron chi connectivity index (χ4n) is 2.30. The van der Waals surface area contributed by atoms with Crippen molar-refractivity contribution in [1.29, 1.82) is 0 Å². The predicted octanol–water partition coefficient (Wildman–Crippen LogP) is 2.24. The highest BCUT2D eigenvalue weighted by molar-refractivity contribution is 4.71. The molecule has 1 aliphatic heterocycles. The summed E-state index contributed by atoms with van der Waals surface area (Å²) in [7, 11) is 0. The summed E-state index contributed by atoms with van der Waals surface area (Å²) in [6.07, 6.45) is 6.64. The quantitative estimate of drug-likeness (QED) is 0.709. The van der Waals surface area contributed by atoms with Gasteiger partial charge in [-0.3, -0.25) is 0 Å². The van der Waals surface area contributed by atoms with Crippen LogP contribution >= 0.6 is 0 Å². The topological polar surface area (TPSA) is 29.3 Å². The summed E-state index contributed by atoms with van der Waals surface area (Å²) in [5.74, 6) is 0. The van der Waals surface area contributed by atoms with E-state index in [0.717, 1.165) is 13.0 Å². The minimum absolute atomic E-state index is 0.453. The minimum Gasteiger partial charge on any atom is -0.330 e. The molecule has 2 heteroatoms. The van der Waals surface area contributed by atoms with E-state index in [4.69, 9.17) is 5.73 Å². The molecule has 2 N–H and O–H groups in total. The molecule has 1 rings (SSSR count). The van der Waals surface area contributed by atoms with Gasteiger partial charge in [0.2, 0.25) is 0 Å². The van der Waals surface area contributed by atoms with Gasteiger partial charge in [0.05, 0.1) is 0 Å². The van der Waals surface area contributed by atoms with Crippen LogP contribution in [-0.2, 0) is 0 Å². The van der Waals surface area contributed by atoms with Gasteiger partial charge in [0, 0.05) is 0 Å². The fourth-order valence-corrected chi connectivity index (χ4v) is 2.30. The van der Waals surface area contributed by atoms with E-state index in [-0.39, 0.29) is 0 Å². The first kappa shape index (κ1) is 12.0. The summed E-state index contributed by atoms with van der Waals surface area (Å²) < 4.78 is 0. The third-order valence-electron chi connectivity index (χ3n) is 3.35. The van der Waals surface area contributed by atoms with E-state index in [0.29, 0.717) is 5.41 Å². The van der Waals surface area contributed by atoms with E-state index in [9.17, 15) is 0 Å². The van der Waals surface area contributed by atoms with Gasteiger partial charge in [-0.2, -0.15) is 0 Å². The Kier molecular flexibility index (Phi) is 4.90. The number of hydrogen-bond donors (Lipinski definition) is 1. The van der Waals surface area contributed by atoms with Crippen molar-refractivity contribution in [2.45, 2.75) is 46.0 Å². The maximum atomic E-state index is 5.60. The number of hydrogen-bond acceptors (Lipinski definition) is 2. The Balaban J connectivity index is 2.07. The molecule has 1 heterocycles. The van der Waals surface area contributed by atoms with Crippen LogP contribution in [0.4, 0.5) is 0 Å². The molecule has 0 aliphatic carbocycles. The maximum Gasteiger partial charge on any atom is -0.00183 e.